The first kappa shape index (κ1) is 18.6. The van der Waals surface area contributed by atoms with E-state index in [1.54, 1.807) is 23.5 Å². The van der Waals surface area contributed by atoms with Gasteiger partial charge in [0, 0.05) is 5.56 Å². The van der Waals surface area contributed by atoms with Gasteiger partial charge in [-0.3, -0.25) is 4.79 Å². The van der Waals surface area contributed by atoms with Crippen LogP contribution in [0.15, 0.2) is 66.0 Å². The topological polar surface area (TPSA) is 54.9 Å². The number of amides is 1. The summed E-state index contributed by atoms with van der Waals surface area (Å²) in [7, 11) is 0. The van der Waals surface area contributed by atoms with Crippen LogP contribution in [0.2, 0.25) is 0 Å². The van der Waals surface area contributed by atoms with E-state index < -0.39 is 0 Å². The molecule has 0 atom stereocenters. The highest BCUT2D eigenvalue weighted by atomic mass is 32.1. The number of hydrogen-bond donors (Lipinski definition) is 1. The number of carbonyl (C=O) groups is 1. The van der Waals surface area contributed by atoms with E-state index in [2.05, 4.69) is 17.4 Å². The first-order chi connectivity index (χ1) is 14.7. The molecule has 4 nitrogen and oxygen atoms in total. The first-order valence-electron chi connectivity index (χ1n) is 9.75. The Bertz CT molecular complexity index is 1220. The van der Waals surface area contributed by atoms with Crippen LogP contribution in [0.25, 0.3) is 21.8 Å². The van der Waals surface area contributed by atoms with Gasteiger partial charge in [-0.15, -0.1) is 11.3 Å². The van der Waals surface area contributed by atoms with Crippen molar-refractivity contribution in [3.05, 3.63) is 88.7 Å². The number of anilines is 1. The van der Waals surface area contributed by atoms with Gasteiger partial charge in [0.15, 0.2) is 5.82 Å². The Balaban J connectivity index is 1.52. The van der Waals surface area contributed by atoms with Gasteiger partial charge >= 0.3 is 0 Å². The summed E-state index contributed by atoms with van der Waals surface area (Å²) in [6, 6.07) is 18.1. The Hall–Kier alpha value is -3.38. The molecule has 0 unspecified atom stereocenters. The Morgan fingerprint density at radius 1 is 0.967 bits per heavy atom. The van der Waals surface area contributed by atoms with Gasteiger partial charge in [-0.1, -0.05) is 42.5 Å². The molecule has 2 heterocycles. The van der Waals surface area contributed by atoms with Crippen molar-refractivity contribution in [2.45, 2.75) is 19.3 Å². The lowest BCUT2D eigenvalue weighted by atomic mass is 9.92. The number of nitrogens with one attached hydrogen (secondary N) is 1. The largest absolute Gasteiger partial charge is 0.309 e. The highest BCUT2D eigenvalue weighted by Gasteiger charge is 2.23. The van der Waals surface area contributed by atoms with Crippen LogP contribution in [-0.2, 0) is 24.1 Å². The third-order valence-corrected chi connectivity index (χ3v) is 6.04. The summed E-state index contributed by atoms with van der Waals surface area (Å²) in [4.78, 5) is 23.4. The van der Waals surface area contributed by atoms with Crippen LogP contribution in [0, 0.1) is 5.82 Å². The zero-order valence-electron chi connectivity index (χ0n) is 16.1. The fourth-order valence-corrected chi connectivity index (χ4v) is 4.43. The van der Waals surface area contributed by atoms with Crippen molar-refractivity contribution in [3.63, 3.8) is 0 Å². The zero-order chi connectivity index (χ0) is 20.5. The number of fused-ring (bicyclic) bond motifs is 3. The van der Waals surface area contributed by atoms with E-state index in [0.717, 1.165) is 40.2 Å². The van der Waals surface area contributed by atoms with Crippen molar-refractivity contribution in [3.8, 4) is 21.8 Å². The van der Waals surface area contributed by atoms with Gasteiger partial charge in [0.05, 0.1) is 22.7 Å². The average molecular weight is 415 g/mol. The molecule has 0 radical (unpaired) electrons. The summed E-state index contributed by atoms with van der Waals surface area (Å²) >= 11 is 1.56. The molecular weight excluding hydrogens is 397 g/mol. The SMILES string of the molecule is O=C(Cc1ccc(F)cc1)Nc1nc2c(nc1-c1cccs1)-c1ccccc1CC2. The molecule has 148 valence electrons. The fourth-order valence-electron chi connectivity index (χ4n) is 3.72. The number of aromatic nitrogens is 2. The van der Waals surface area contributed by atoms with E-state index in [4.69, 9.17) is 9.97 Å². The van der Waals surface area contributed by atoms with Crippen LogP contribution in [-0.4, -0.2) is 15.9 Å². The van der Waals surface area contributed by atoms with E-state index in [0.29, 0.717) is 11.5 Å². The van der Waals surface area contributed by atoms with Gasteiger partial charge in [-0.05, 0) is 47.5 Å². The molecule has 2 aromatic carbocycles. The molecule has 6 heteroatoms. The van der Waals surface area contributed by atoms with Gasteiger partial charge in [-0.25, -0.2) is 14.4 Å². The maximum Gasteiger partial charge on any atom is 0.230 e. The van der Waals surface area contributed by atoms with Crippen LogP contribution >= 0.6 is 11.3 Å². The molecule has 1 amide bonds. The van der Waals surface area contributed by atoms with Gasteiger partial charge in [0.1, 0.15) is 11.5 Å². The maximum absolute atomic E-state index is 13.1. The highest BCUT2D eigenvalue weighted by molar-refractivity contribution is 7.13. The van der Waals surface area contributed by atoms with Crippen molar-refractivity contribution in [1.82, 2.24) is 9.97 Å². The molecule has 0 saturated heterocycles. The fraction of sp³-hybridized carbons (Fsp3) is 0.125. The van der Waals surface area contributed by atoms with Crippen LogP contribution in [0.1, 0.15) is 16.8 Å². The molecule has 1 N–H and O–H groups in total. The second kappa shape index (κ2) is 7.80. The van der Waals surface area contributed by atoms with E-state index in [1.165, 1.54) is 17.7 Å². The lowest BCUT2D eigenvalue weighted by Crippen LogP contribution is -2.18. The molecule has 30 heavy (non-hydrogen) atoms. The van der Waals surface area contributed by atoms with E-state index in [9.17, 15) is 9.18 Å². The number of nitrogens with zero attached hydrogens (tertiary/aromatic N) is 2. The predicted molar refractivity (Wildman–Crippen MR) is 117 cm³/mol. The molecule has 0 fully saturated rings. The van der Waals surface area contributed by atoms with Crippen molar-refractivity contribution >= 4 is 23.1 Å². The van der Waals surface area contributed by atoms with Crippen molar-refractivity contribution < 1.29 is 9.18 Å². The molecule has 1 aliphatic carbocycles. The lowest BCUT2D eigenvalue weighted by molar-refractivity contribution is -0.115. The van der Waals surface area contributed by atoms with Crippen LogP contribution in [0.3, 0.4) is 0 Å². The van der Waals surface area contributed by atoms with Crippen molar-refractivity contribution in [2.24, 2.45) is 0 Å². The van der Waals surface area contributed by atoms with Crippen molar-refractivity contribution in [2.75, 3.05) is 5.32 Å². The Labute approximate surface area is 177 Å². The summed E-state index contributed by atoms with van der Waals surface area (Å²) in [5.41, 5.74) is 5.57. The first-order valence-corrected chi connectivity index (χ1v) is 10.6. The Morgan fingerprint density at radius 3 is 2.60 bits per heavy atom. The number of halogens is 1. The number of aryl methyl sites for hydroxylation is 2. The number of rotatable bonds is 4. The number of thiophene rings is 1. The second-order valence-corrected chi connectivity index (χ2v) is 8.15. The second-order valence-electron chi connectivity index (χ2n) is 7.20. The highest BCUT2D eigenvalue weighted by Crippen LogP contribution is 2.36. The normalized spacial score (nSPS) is 12.2. The molecule has 0 aliphatic heterocycles. The number of benzene rings is 2. The van der Waals surface area contributed by atoms with Gasteiger partial charge in [0.25, 0.3) is 0 Å². The zero-order valence-corrected chi connectivity index (χ0v) is 16.9. The Morgan fingerprint density at radius 2 is 1.80 bits per heavy atom. The molecule has 0 bridgehead atoms. The molecular formula is C24H18FN3OS. The minimum absolute atomic E-state index is 0.145. The molecule has 2 aromatic heterocycles. The van der Waals surface area contributed by atoms with Crippen LogP contribution in [0.4, 0.5) is 10.2 Å². The Kier molecular flexibility index (Phi) is 4.85. The van der Waals surface area contributed by atoms with E-state index in [-0.39, 0.29) is 18.1 Å². The standard InChI is InChI=1S/C24H18FN3OS/c25-17-10-7-15(8-11-17)14-21(29)27-24-23(20-6-3-13-30-20)28-22-18-5-2-1-4-16(18)9-12-19(22)26-24/h1-8,10-11,13H,9,12,14H2,(H,26,27,29). The summed E-state index contributed by atoms with van der Waals surface area (Å²) < 4.78 is 13.1. The van der Waals surface area contributed by atoms with Crippen molar-refractivity contribution in [1.29, 1.82) is 0 Å². The third kappa shape index (κ3) is 3.62. The third-order valence-electron chi connectivity index (χ3n) is 5.16. The van der Waals surface area contributed by atoms with Gasteiger partial charge < -0.3 is 5.32 Å². The number of hydrogen-bond acceptors (Lipinski definition) is 4. The van der Waals surface area contributed by atoms with E-state index in [1.807, 2.05) is 29.6 Å². The lowest BCUT2D eigenvalue weighted by Gasteiger charge is -2.20. The summed E-state index contributed by atoms with van der Waals surface area (Å²) in [5.74, 6) is -0.0486. The average Bonchev–Trinajstić information content (AvgIpc) is 3.29. The van der Waals surface area contributed by atoms with Gasteiger partial charge in [0.2, 0.25) is 5.91 Å². The summed E-state index contributed by atoms with van der Waals surface area (Å²) in [6.07, 6.45) is 1.83. The number of carbonyl (C=O) groups excluding carboxylic acids is 1. The maximum atomic E-state index is 13.1. The summed E-state index contributed by atoms with van der Waals surface area (Å²) in [6.45, 7) is 0. The molecule has 0 saturated carbocycles. The molecule has 4 aromatic rings. The van der Waals surface area contributed by atoms with Crippen LogP contribution in [0.5, 0.6) is 0 Å². The minimum atomic E-state index is -0.319. The monoisotopic (exact) mass is 415 g/mol. The van der Waals surface area contributed by atoms with Gasteiger partial charge in [-0.2, -0.15) is 0 Å². The summed E-state index contributed by atoms with van der Waals surface area (Å²) in [5, 5.41) is 4.92. The predicted octanol–water partition coefficient (Wildman–Crippen LogP) is 5.29. The quantitative estimate of drug-likeness (QED) is 0.493. The van der Waals surface area contributed by atoms with E-state index >= 15 is 0 Å². The molecule has 5 rings (SSSR count). The molecule has 1 aliphatic rings. The minimum Gasteiger partial charge on any atom is -0.309 e. The smallest absolute Gasteiger partial charge is 0.230 e. The molecule has 0 spiro atoms. The van der Waals surface area contributed by atoms with Crippen LogP contribution < -0.4 is 5.32 Å².